The molecule has 0 aliphatic heterocycles. The number of ether oxygens (including phenoxy) is 1. The van der Waals surface area contributed by atoms with E-state index in [0.717, 1.165) is 0 Å². The highest BCUT2D eigenvalue weighted by Gasteiger charge is 2.01. The Kier molecular flexibility index (Phi) is 5.15. The third-order valence-electron chi connectivity index (χ3n) is 1.18. The number of unbranched alkanes of at least 4 members (excludes halogenated alkanes) is 1. The van der Waals surface area contributed by atoms with Gasteiger partial charge in [0.05, 0.1) is 0 Å². The number of carbonyl (C=O) groups is 2. The van der Waals surface area contributed by atoms with E-state index in [4.69, 9.17) is 5.11 Å². The largest absolute Gasteiger partial charge is 0.481 e. The van der Waals surface area contributed by atoms with Gasteiger partial charge in [-0.25, -0.2) is 0 Å². The van der Waals surface area contributed by atoms with E-state index >= 15 is 0 Å². The number of aliphatic carboxylic acids is 1. The molecule has 0 aliphatic rings. The molecule has 0 rings (SSSR count). The van der Waals surface area contributed by atoms with Crippen LogP contribution in [0.1, 0.15) is 25.7 Å². The van der Waals surface area contributed by atoms with Gasteiger partial charge in [0, 0.05) is 12.8 Å². The van der Waals surface area contributed by atoms with Gasteiger partial charge in [0.25, 0.3) is 0 Å². The number of carboxylic acid groups (broad SMARTS) is 1. The summed E-state index contributed by atoms with van der Waals surface area (Å²) in [6.07, 6.45) is 1.40. The summed E-state index contributed by atoms with van der Waals surface area (Å²) < 4.78 is 4.12. The van der Waals surface area contributed by atoms with Crippen LogP contribution >= 0.6 is 0 Å². The maximum Gasteiger partial charge on any atom is 0.305 e. The molecule has 0 unspecified atom stereocenters. The minimum atomic E-state index is -0.840. The topological polar surface area (TPSA) is 63.6 Å². The van der Waals surface area contributed by atoms with Gasteiger partial charge >= 0.3 is 11.9 Å². The van der Waals surface area contributed by atoms with Crippen molar-refractivity contribution in [3.8, 4) is 0 Å². The third kappa shape index (κ3) is 6.83. The van der Waals surface area contributed by atoms with Crippen molar-refractivity contribution in [2.75, 3.05) is 0 Å². The highest BCUT2D eigenvalue weighted by atomic mass is 16.5. The molecule has 0 heterocycles. The van der Waals surface area contributed by atoms with Crippen molar-refractivity contribution in [2.24, 2.45) is 0 Å². The zero-order valence-corrected chi connectivity index (χ0v) is 6.21. The van der Waals surface area contributed by atoms with Crippen molar-refractivity contribution in [3.63, 3.8) is 0 Å². The van der Waals surface area contributed by atoms with Crippen molar-refractivity contribution in [3.05, 3.63) is 7.11 Å². The van der Waals surface area contributed by atoms with Crippen LogP contribution in [0.4, 0.5) is 0 Å². The Morgan fingerprint density at radius 2 is 1.82 bits per heavy atom. The van der Waals surface area contributed by atoms with Gasteiger partial charge in [0.15, 0.2) is 0 Å². The molecular formula is C7H11O4. The minimum absolute atomic E-state index is 0.102. The van der Waals surface area contributed by atoms with E-state index in [1.54, 1.807) is 0 Å². The average molecular weight is 159 g/mol. The zero-order chi connectivity index (χ0) is 8.69. The lowest BCUT2D eigenvalue weighted by molar-refractivity contribution is -0.140. The minimum Gasteiger partial charge on any atom is -0.481 e. The first-order valence-electron chi connectivity index (χ1n) is 3.33. The molecule has 0 atom stereocenters. The molecule has 0 aromatic rings. The number of carbonyl (C=O) groups excluding carboxylic acids is 1. The van der Waals surface area contributed by atoms with Crippen LogP contribution in [-0.4, -0.2) is 17.0 Å². The molecule has 63 valence electrons. The number of hydrogen-bond donors (Lipinski definition) is 1. The Balaban J connectivity index is 3.14. The van der Waals surface area contributed by atoms with Gasteiger partial charge in [-0.15, -0.1) is 0 Å². The Hall–Kier alpha value is -1.06. The van der Waals surface area contributed by atoms with Gasteiger partial charge in [-0.1, -0.05) is 0 Å². The Morgan fingerprint density at radius 1 is 1.27 bits per heavy atom. The molecule has 0 saturated carbocycles. The van der Waals surface area contributed by atoms with E-state index in [9.17, 15) is 9.59 Å². The maximum atomic E-state index is 10.4. The van der Waals surface area contributed by atoms with Crippen molar-refractivity contribution in [1.82, 2.24) is 0 Å². The molecule has 0 spiro atoms. The molecular weight excluding hydrogens is 148 g/mol. The summed E-state index contributed by atoms with van der Waals surface area (Å²) in [5, 5.41) is 8.21. The molecule has 4 nitrogen and oxygen atoms in total. The summed E-state index contributed by atoms with van der Waals surface area (Å²) in [6.45, 7) is 0. The lowest BCUT2D eigenvalue weighted by atomic mass is 10.2. The molecule has 0 aliphatic carbocycles. The molecule has 0 amide bonds. The summed E-state index contributed by atoms with van der Waals surface area (Å²) in [5.74, 6) is -1.23. The van der Waals surface area contributed by atoms with Crippen molar-refractivity contribution in [1.29, 1.82) is 0 Å². The number of hydrogen-bond acceptors (Lipinski definition) is 3. The van der Waals surface area contributed by atoms with E-state index < -0.39 is 11.9 Å². The van der Waals surface area contributed by atoms with Gasteiger partial charge in [0.1, 0.15) is 7.11 Å². The van der Waals surface area contributed by atoms with E-state index in [0.29, 0.717) is 12.8 Å². The monoisotopic (exact) mass is 159 g/mol. The van der Waals surface area contributed by atoms with Crippen molar-refractivity contribution >= 4 is 11.9 Å². The van der Waals surface area contributed by atoms with E-state index in [1.807, 2.05) is 0 Å². The first kappa shape index (κ1) is 9.94. The summed E-state index contributed by atoms with van der Waals surface area (Å²) in [5.41, 5.74) is 0. The fraction of sp³-hybridized carbons (Fsp3) is 0.571. The number of esters is 1. The fourth-order valence-electron chi connectivity index (χ4n) is 0.618. The zero-order valence-electron chi connectivity index (χ0n) is 6.21. The molecule has 0 saturated heterocycles. The smallest absolute Gasteiger partial charge is 0.305 e. The summed E-state index contributed by atoms with van der Waals surface area (Å²) in [6, 6.07) is 0. The normalized spacial score (nSPS) is 9.18. The van der Waals surface area contributed by atoms with E-state index in [2.05, 4.69) is 11.8 Å². The van der Waals surface area contributed by atoms with Gasteiger partial charge in [0.2, 0.25) is 0 Å². The quantitative estimate of drug-likeness (QED) is 0.479. The van der Waals surface area contributed by atoms with Gasteiger partial charge < -0.3 is 9.84 Å². The van der Waals surface area contributed by atoms with E-state index in [-0.39, 0.29) is 12.8 Å². The first-order chi connectivity index (χ1) is 5.16. The van der Waals surface area contributed by atoms with Crippen molar-refractivity contribution < 1.29 is 19.4 Å². The Labute approximate surface area is 65.2 Å². The summed E-state index contributed by atoms with van der Waals surface area (Å²) >= 11 is 0. The Bertz CT molecular complexity index is 141. The van der Waals surface area contributed by atoms with Crippen molar-refractivity contribution in [2.45, 2.75) is 25.7 Å². The SMILES string of the molecule is [CH2]OC(=O)CCCCC(=O)O. The molecule has 1 radical (unpaired) electrons. The lowest BCUT2D eigenvalue weighted by Gasteiger charge is -1.96. The third-order valence-corrected chi connectivity index (χ3v) is 1.18. The van der Waals surface area contributed by atoms with Gasteiger partial charge in [-0.2, -0.15) is 0 Å². The van der Waals surface area contributed by atoms with Crippen LogP contribution in [0.15, 0.2) is 0 Å². The highest BCUT2D eigenvalue weighted by molar-refractivity contribution is 5.69. The second-order valence-corrected chi connectivity index (χ2v) is 2.12. The molecule has 0 aromatic heterocycles. The molecule has 11 heavy (non-hydrogen) atoms. The van der Waals surface area contributed by atoms with Crippen LogP contribution in [0.25, 0.3) is 0 Å². The standard InChI is InChI=1S/C7H11O4/c1-11-7(10)5-3-2-4-6(8)9/h1-5H2,(H,8,9). The summed E-state index contributed by atoms with van der Waals surface area (Å²) in [4.78, 5) is 20.4. The fourth-order valence-corrected chi connectivity index (χ4v) is 0.618. The van der Waals surface area contributed by atoms with Crippen LogP contribution in [0.2, 0.25) is 0 Å². The average Bonchev–Trinajstić information content (AvgIpc) is 1.97. The van der Waals surface area contributed by atoms with Crippen LogP contribution < -0.4 is 0 Å². The van der Waals surface area contributed by atoms with E-state index in [1.165, 1.54) is 0 Å². The van der Waals surface area contributed by atoms with Crippen LogP contribution in [-0.2, 0) is 14.3 Å². The van der Waals surface area contributed by atoms with Crippen LogP contribution in [0.3, 0.4) is 0 Å². The molecule has 4 heteroatoms. The molecule has 0 bridgehead atoms. The lowest BCUT2D eigenvalue weighted by Crippen LogP contribution is -1.99. The van der Waals surface area contributed by atoms with Gasteiger partial charge in [-0.3, -0.25) is 9.59 Å². The highest BCUT2D eigenvalue weighted by Crippen LogP contribution is 2.00. The molecule has 0 aromatic carbocycles. The first-order valence-corrected chi connectivity index (χ1v) is 3.33. The predicted octanol–water partition coefficient (Wildman–Crippen LogP) is 0.966. The molecule has 0 fully saturated rings. The van der Waals surface area contributed by atoms with Crippen LogP contribution in [0, 0.1) is 7.11 Å². The second kappa shape index (κ2) is 5.70. The molecule has 1 N–H and O–H groups in total. The maximum absolute atomic E-state index is 10.4. The second-order valence-electron chi connectivity index (χ2n) is 2.12. The predicted molar refractivity (Wildman–Crippen MR) is 37.6 cm³/mol. The Morgan fingerprint density at radius 3 is 2.27 bits per heavy atom. The van der Waals surface area contributed by atoms with Crippen LogP contribution in [0.5, 0.6) is 0 Å². The van der Waals surface area contributed by atoms with Gasteiger partial charge in [-0.05, 0) is 12.8 Å². The summed E-state index contributed by atoms with van der Waals surface area (Å²) in [7, 11) is 2.93. The number of carboxylic acids is 1. The number of rotatable bonds is 5.